The van der Waals surface area contributed by atoms with Crippen molar-refractivity contribution in [2.75, 3.05) is 23.4 Å². The van der Waals surface area contributed by atoms with Crippen molar-refractivity contribution < 1.29 is 24.2 Å². The molecule has 2 aliphatic rings. The molecule has 8 heteroatoms. The minimum absolute atomic E-state index is 0.0545. The van der Waals surface area contributed by atoms with E-state index in [1.165, 1.54) is 0 Å². The first kappa shape index (κ1) is 24.6. The smallest absolute Gasteiger partial charge is 0.326 e. The number of rotatable bonds is 8. The molecule has 0 bridgehead atoms. The Balaban J connectivity index is 1.31. The highest BCUT2D eigenvalue weighted by Crippen LogP contribution is 2.40. The van der Waals surface area contributed by atoms with Gasteiger partial charge in [0.05, 0.1) is 24.8 Å². The number of carboxylic acid groups (broad SMARTS) is 1. The molecule has 1 aliphatic heterocycles. The molecule has 3 unspecified atom stereocenters. The minimum Gasteiger partial charge on any atom is -0.486 e. The molecule has 2 aromatic carbocycles. The SMILES string of the molecule is CCc1ccccc1NC(=O)N1CC(CC)Oc2cc(-c3ccc(OCC4CC4C(=O)O)nc3)ccc21. The van der Waals surface area contributed by atoms with Gasteiger partial charge in [-0.3, -0.25) is 9.69 Å². The first-order valence-corrected chi connectivity index (χ1v) is 12.8. The quantitative estimate of drug-likeness (QED) is 0.416. The van der Waals surface area contributed by atoms with Crippen molar-refractivity contribution in [3.63, 3.8) is 0 Å². The Morgan fingerprint density at radius 2 is 1.95 bits per heavy atom. The Bertz CT molecular complexity index is 1290. The van der Waals surface area contributed by atoms with Gasteiger partial charge in [0.25, 0.3) is 0 Å². The topological polar surface area (TPSA) is 101 Å². The van der Waals surface area contributed by atoms with Gasteiger partial charge in [0, 0.05) is 29.4 Å². The summed E-state index contributed by atoms with van der Waals surface area (Å²) in [6, 6.07) is 17.2. The van der Waals surface area contributed by atoms with E-state index in [4.69, 9.17) is 14.6 Å². The lowest BCUT2D eigenvalue weighted by Crippen LogP contribution is -2.45. The number of aryl methyl sites for hydroxylation is 1. The molecule has 3 atom stereocenters. The number of pyridine rings is 1. The average Bonchev–Trinajstić information content (AvgIpc) is 3.72. The number of hydrogen-bond donors (Lipinski definition) is 2. The van der Waals surface area contributed by atoms with E-state index in [-0.39, 0.29) is 24.0 Å². The van der Waals surface area contributed by atoms with Crippen molar-refractivity contribution in [3.05, 3.63) is 66.4 Å². The molecule has 2 N–H and O–H groups in total. The van der Waals surface area contributed by atoms with Crippen molar-refractivity contribution in [1.29, 1.82) is 0 Å². The zero-order chi connectivity index (χ0) is 25.9. The number of carbonyl (C=O) groups is 2. The summed E-state index contributed by atoms with van der Waals surface area (Å²) in [7, 11) is 0. The number of ether oxygens (including phenoxy) is 2. The van der Waals surface area contributed by atoms with Gasteiger partial charge in [-0.2, -0.15) is 0 Å². The summed E-state index contributed by atoms with van der Waals surface area (Å²) in [6.45, 7) is 4.94. The zero-order valence-corrected chi connectivity index (χ0v) is 21.0. The second-order valence-electron chi connectivity index (χ2n) is 9.52. The number of nitrogens with zero attached hydrogens (tertiary/aromatic N) is 2. The molecule has 1 saturated carbocycles. The minimum atomic E-state index is -0.765. The highest BCUT2D eigenvalue weighted by Gasteiger charge is 2.43. The van der Waals surface area contributed by atoms with Gasteiger partial charge in [0.2, 0.25) is 5.88 Å². The van der Waals surface area contributed by atoms with E-state index in [0.29, 0.717) is 31.2 Å². The van der Waals surface area contributed by atoms with Gasteiger partial charge in [0.15, 0.2) is 0 Å². The van der Waals surface area contributed by atoms with Gasteiger partial charge in [-0.15, -0.1) is 0 Å². The third kappa shape index (κ3) is 5.38. The number of carbonyl (C=O) groups excluding carboxylic acids is 1. The lowest BCUT2D eigenvalue weighted by atomic mass is 10.0. The number of amides is 2. The van der Waals surface area contributed by atoms with Crippen LogP contribution in [0.5, 0.6) is 11.6 Å². The van der Waals surface area contributed by atoms with E-state index in [2.05, 4.69) is 17.2 Å². The Kier molecular flexibility index (Phi) is 6.99. The molecule has 1 fully saturated rings. The van der Waals surface area contributed by atoms with Crippen LogP contribution in [0.25, 0.3) is 11.1 Å². The van der Waals surface area contributed by atoms with Crippen LogP contribution >= 0.6 is 0 Å². The number of para-hydroxylation sites is 1. The Labute approximate surface area is 216 Å². The molecule has 5 rings (SSSR count). The number of hydrogen-bond acceptors (Lipinski definition) is 5. The molecule has 192 valence electrons. The molecule has 37 heavy (non-hydrogen) atoms. The van der Waals surface area contributed by atoms with Crippen molar-refractivity contribution in [2.45, 2.75) is 39.2 Å². The number of carboxylic acids is 1. The van der Waals surface area contributed by atoms with E-state index >= 15 is 0 Å². The Hall–Kier alpha value is -4.07. The molecule has 1 aliphatic carbocycles. The number of urea groups is 1. The second kappa shape index (κ2) is 10.5. The first-order chi connectivity index (χ1) is 18.0. The molecule has 2 heterocycles. The second-order valence-corrected chi connectivity index (χ2v) is 9.52. The van der Waals surface area contributed by atoms with Gasteiger partial charge in [-0.05, 0) is 54.7 Å². The normalized spacial score (nSPS) is 19.9. The van der Waals surface area contributed by atoms with Crippen LogP contribution in [0.15, 0.2) is 60.8 Å². The predicted octanol–water partition coefficient (Wildman–Crippen LogP) is 5.62. The standard InChI is InChI=1S/C29H31N3O5/c1-3-18-7-5-6-8-24(18)31-29(35)32-16-22(4-2)37-26-14-19(9-11-25(26)32)20-10-12-27(30-15-20)36-17-21-13-23(21)28(33)34/h5-12,14-15,21-23H,3-4,13,16-17H2,1-2H3,(H,31,35)(H,33,34). The molecule has 1 aromatic heterocycles. The van der Waals surface area contributed by atoms with Crippen molar-refractivity contribution in [2.24, 2.45) is 11.8 Å². The van der Waals surface area contributed by atoms with Crippen molar-refractivity contribution >= 4 is 23.4 Å². The highest BCUT2D eigenvalue weighted by atomic mass is 16.5. The summed E-state index contributed by atoms with van der Waals surface area (Å²) in [5.41, 5.74) is 4.44. The van der Waals surface area contributed by atoms with Crippen LogP contribution < -0.4 is 19.7 Å². The van der Waals surface area contributed by atoms with Crippen LogP contribution in [0.4, 0.5) is 16.2 Å². The summed E-state index contributed by atoms with van der Waals surface area (Å²) >= 11 is 0. The molecule has 0 spiro atoms. The summed E-state index contributed by atoms with van der Waals surface area (Å²) < 4.78 is 11.9. The fourth-order valence-electron chi connectivity index (χ4n) is 4.63. The van der Waals surface area contributed by atoms with Crippen LogP contribution in [-0.4, -0.2) is 41.3 Å². The summed E-state index contributed by atoms with van der Waals surface area (Å²) in [5.74, 6) is 0.112. The van der Waals surface area contributed by atoms with Crippen molar-refractivity contribution in [3.8, 4) is 22.8 Å². The third-order valence-corrected chi connectivity index (χ3v) is 7.03. The summed E-state index contributed by atoms with van der Waals surface area (Å²) in [5, 5.41) is 12.1. The molecular formula is C29H31N3O5. The lowest BCUT2D eigenvalue weighted by Gasteiger charge is -2.35. The van der Waals surface area contributed by atoms with Crippen molar-refractivity contribution in [1.82, 2.24) is 4.98 Å². The van der Waals surface area contributed by atoms with Gasteiger partial charge in [-0.1, -0.05) is 38.1 Å². The monoisotopic (exact) mass is 501 g/mol. The van der Waals surface area contributed by atoms with E-state index < -0.39 is 5.97 Å². The van der Waals surface area contributed by atoms with E-state index in [1.54, 1.807) is 17.2 Å². The fraction of sp³-hybridized carbons (Fsp3) is 0.345. The molecular weight excluding hydrogens is 470 g/mol. The maximum absolute atomic E-state index is 13.3. The van der Waals surface area contributed by atoms with Gasteiger partial charge in [0.1, 0.15) is 11.9 Å². The van der Waals surface area contributed by atoms with Gasteiger partial charge in [-0.25, -0.2) is 9.78 Å². The first-order valence-electron chi connectivity index (χ1n) is 12.8. The van der Waals surface area contributed by atoms with E-state index in [9.17, 15) is 9.59 Å². The van der Waals surface area contributed by atoms with Crippen LogP contribution in [0.1, 0.15) is 32.3 Å². The number of nitrogens with one attached hydrogen (secondary N) is 1. The number of aliphatic carboxylic acids is 1. The fourth-order valence-corrected chi connectivity index (χ4v) is 4.63. The molecule has 0 radical (unpaired) electrons. The number of aromatic nitrogens is 1. The van der Waals surface area contributed by atoms with E-state index in [0.717, 1.165) is 40.9 Å². The highest BCUT2D eigenvalue weighted by molar-refractivity contribution is 6.03. The molecule has 0 saturated heterocycles. The number of benzene rings is 2. The molecule has 2 amide bonds. The number of fused-ring (bicyclic) bond motifs is 1. The Morgan fingerprint density at radius 3 is 2.65 bits per heavy atom. The van der Waals surface area contributed by atoms with Gasteiger partial charge >= 0.3 is 12.0 Å². The predicted molar refractivity (Wildman–Crippen MR) is 141 cm³/mol. The van der Waals surface area contributed by atoms with Crippen LogP contribution in [0.2, 0.25) is 0 Å². The molecule has 8 nitrogen and oxygen atoms in total. The van der Waals surface area contributed by atoms with Crippen LogP contribution in [0.3, 0.4) is 0 Å². The van der Waals surface area contributed by atoms with Crippen LogP contribution in [-0.2, 0) is 11.2 Å². The number of anilines is 2. The maximum Gasteiger partial charge on any atom is 0.326 e. The van der Waals surface area contributed by atoms with Gasteiger partial charge < -0.3 is 19.9 Å². The molecule has 3 aromatic rings. The third-order valence-electron chi connectivity index (χ3n) is 7.03. The largest absolute Gasteiger partial charge is 0.486 e. The van der Waals surface area contributed by atoms with Crippen LogP contribution in [0, 0.1) is 11.8 Å². The maximum atomic E-state index is 13.3. The Morgan fingerprint density at radius 1 is 1.14 bits per heavy atom. The van der Waals surface area contributed by atoms with E-state index in [1.807, 2.05) is 55.5 Å². The zero-order valence-electron chi connectivity index (χ0n) is 21.0. The lowest BCUT2D eigenvalue weighted by molar-refractivity contribution is -0.138. The summed E-state index contributed by atoms with van der Waals surface area (Å²) in [4.78, 5) is 30.5. The summed E-state index contributed by atoms with van der Waals surface area (Å²) in [6.07, 6.45) is 3.88. The average molecular weight is 502 g/mol.